The largest absolute Gasteiger partial charge is 0.508 e. The van der Waals surface area contributed by atoms with E-state index in [2.05, 4.69) is 15.9 Å². The molecular formula is C14H12BrFO2. The minimum absolute atomic E-state index is 0.191. The Kier molecular flexibility index (Phi) is 4.20. The molecule has 1 N–H and O–H groups in total. The molecule has 0 heterocycles. The van der Waals surface area contributed by atoms with Crippen molar-refractivity contribution in [1.29, 1.82) is 0 Å². The van der Waals surface area contributed by atoms with Gasteiger partial charge in [-0.3, -0.25) is 0 Å². The third kappa shape index (κ3) is 3.47. The van der Waals surface area contributed by atoms with Crippen molar-refractivity contribution in [3.63, 3.8) is 0 Å². The van der Waals surface area contributed by atoms with Crippen molar-refractivity contribution in [3.8, 4) is 11.5 Å². The summed E-state index contributed by atoms with van der Waals surface area (Å²) in [6.07, 6.45) is 0. The zero-order valence-electron chi connectivity index (χ0n) is 9.57. The molecule has 0 aromatic heterocycles. The van der Waals surface area contributed by atoms with E-state index >= 15 is 0 Å². The molecule has 4 heteroatoms. The van der Waals surface area contributed by atoms with Gasteiger partial charge in [-0.05, 0) is 35.4 Å². The molecule has 0 spiro atoms. The molecule has 2 nitrogen and oxygen atoms in total. The average Bonchev–Trinajstić information content (AvgIpc) is 2.36. The second-order valence-corrected chi connectivity index (χ2v) is 4.45. The van der Waals surface area contributed by atoms with E-state index in [0.717, 1.165) is 11.1 Å². The van der Waals surface area contributed by atoms with Crippen molar-refractivity contribution in [1.82, 2.24) is 0 Å². The average molecular weight is 311 g/mol. The molecule has 0 unspecified atom stereocenters. The Bertz CT molecular complexity index is 543. The van der Waals surface area contributed by atoms with E-state index < -0.39 is 0 Å². The minimum atomic E-state index is -0.321. The van der Waals surface area contributed by atoms with Gasteiger partial charge in [-0.15, -0.1) is 0 Å². The van der Waals surface area contributed by atoms with Gasteiger partial charge in [0.2, 0.25) is 0 Å². The number of hydrogen-bond donors (Lipinski definition) is 1. The number of aromatic hydroxyl groups is 1. The van der Waals surface area contributed by atoms with Gasteiger partial charge in [0.05, 0.1) is 0 Å². The van der Waals surface area contributed by atoms with Crippen LogP contribution in [0.15, 0.2) is 42.5 Å². The first-order valence-electron chi connectivity index (χ1n) is 5.43. The highest BCUT2D eigenvalue weighted by Crippen LogP contribution is 2.20. The van der Waals surface area contributed by atoms with Gasteiger partial charge in [-0.2, -0.15) is 0 Å². The number of halogens is 2. The molecule has 2 aromatic carbocycles. The number of phenols is 1. The molecule has 0 saturated heterocycles. The standard InChI is InChI=1S/C14H12BrFO2/c15-8-11-4-12(16)7-14(6-11)18-9-10-2-1-3-13(17)5-10/h1-7,17H,8-9H2. The van der Waals surface area contributed by atoms with Crippen molar-refractivity contribution in [2.75, 3.05) is 0 Å². The first-order chi connectivity index (χ1) is 8.67. The van der Waals surface area contributed by atoms with Crippen LogP contribution in [-0.4, -0.2) is 5.11 Å². The Morgan fingerprint density at radius 2 is 1.94 bits per heavy atom. The van der Waals surface area contributed by atoms with Crippen LogP contribution in [0.3, 0.4) is 0 Å². The summed E-state index contributed by atoms with van der Waals surface area (Å²) in [6.45, 7) is 0.291. The number of alkyl halides is 1. The van der Waals surface area contributed by atoms with Crippen molar-refractivity contribution in [2.45, 2.75) is 11.9 Å². The van der Waals surface area contributed by atoms with Crippen LogP contribution in [0.5, 0.6) is 11.5 Å². The molecule has 2 aromatic rings. The summed E-state index contributed by atoms with van der Waals surface area (Å²) in [4.78, 5) is 0. The summed E-state index contributed by atoms with van der Waals surface area (Å²) >= 11 is 3.28. The molecular weight excluding hydrogens is 299 g/mol. The molecule has 0 aliphatic rings. The van der Waals surface area contributed by atoms with Crippen LogP contribution in [0.2, 0.25) is 0 Å². The zero-order chi connectivity index (χ0) is 13.0. The molecule has 0 fully saturated rings. The van der Waals surface area contributed by atoms with Gasteiger partial charge in [-0.25, -0.2) is 4.39 Å². The lowest BCUT2D eigenvalue weighted by Crippen LogP contribution is -1.96. The molecule has 0 amide bonds. The fourth-order valence-electron chi connectivity index (χ4n) is 1.59. The molecule has 94 valence electrons. The lowest BCUT2D eigenvalue weighted by molar-refractivity contribution is 0.303. The second kappa shape index (κ2) is 5.87. The van der Waals surface area contributed by atoms with Gasteiger partial charge in [0, 0.05) is 11.4 Å². The third-order valence-electron chi connectivity index (χ3n) is 2.40. The van der Waals surface area contributed by atoms with E-state index in [0.29, 0.717) is 17.7 Å². The number of phenolic OH excluding ortho intramolecular Hbond substituents is 1. The van der Waals surface area contributed by atoms with Gasteiger partial charge < -0.3 is 9.84 Å². The highest BCUT2D eigenvalue weighted by Gasteiger charge is 2.02. The van der Waals surface area contributed by atoms with Crippen LogP contribution < -0.4 is 4.74 Å². The molecule has 0 aliphatic carbocycles. The molecule has 2 rings (SSSR count). The molecule has 0 bridgehead atoms. The van der Waals surface area contributed by atoms with Gasteiger partial charge >= 0.3 is 0 Å². The Hall–Kier alpha value is -1.55. The zero-order valence-corrected chi connectivity index (χ0v) is 11.2. The van der Waals surface area contributed by atoms with Crippen molar-refractivity contribution >= 4 is 15.9 Å². The first-order valence-corrected chi connectivity index (χ1v) is 6.55. The smallest absolute Gasteiger partial charge is 0.127 e. The highest BCUT2D eigenvalue weighted by atomic mass is 79.9. The Labute approximate surface area is 113 Å². The maximum Gasteiger partial charge on any atom is 0.127 e. The van der Waals surface area contributed by atoms with Crippen LogP contribution in [0.25, 0.3) is 0 Å². The number of hydrogen-bond acceptors (Lipinski definition) is 2. The van der Waals surface area contributed by atoms with Crippen molar-refractivity contribution in [2.24, 2.45) is 0 Å². The van der Waals surface area contributed by atoms with E-state index in [4.69, 9.17) is 4.74 Å². The minimum Gasteiger partial charge on any atom is -0.508 e. The van der Waals surface area contributed by atoms with Gasteiger partial charge in [-0.1, -0.05) is 28.1 Å². The molecule has 0 atom stereocenters. The topological polar surface area (TPSA) is 29.5 Å². The number of ether oxygens (including phenoxy) is 1. The predicted octanol–water partition coefficient (Wildman–Crippen LogP) is 4.01. The highest BCUT2D eigenvalue weighted by molar-refractivity contribution is 9.08. The third-order valence-corrected chi connectivity index (χ3v) is 3.05. The van der Waals surface area contributed by atoms with E-state index in [9.17, 15) is 9.50 Å². The summed E-state index contributed by atoms with van der Waals surface area (Å²) in [5, 5.41) is 9.89. The Morgan fingerprint density at radius 1 is 1.11 bits per heavy atom. The van der Waals surface area contributed by atoms with E-state index in [1.807, 2.05) is 6.07 Å². The second-order valence-electron chi connectivity index (χ2n) is 3.89. The maximum atomic E-state index is 13.3. The Morgan fingerprint density at radius 3 is 2.67 bits per heavy atom. The van der Waals surface area contributed by atoms with Crippen LogP contribution in [-0.2, 0) is 11.9 Å². The van der Waals surface area contributed by atoms with E-state index in [-0.39, 0.29) is 11.6 Å². The summed E-state index contributed by atoms with van der Waals surface area (Å²) in [6, 6.07) is 11.4. The normalized spacial score (nSPS) is 10.3. The number of rotatable bonds is 4. The fourth-order valence-corrected chi connectivity index (χ4v) is 1.92. The SMILES string of the molecule is Oc1cccc(COc2cc(F)cc(CBr)c2)c1. The van der Waals surface area contributed by atoms with Crippen LogP contribution >= 0.6 is 15.9 Å². The van der Waals surface area contributed by atoms with Crippen LogP contribution in [0, 0.1) is 5.82 Å². The molecule has 18 heavy (non-hydrogen) atoms. The first kappa shape index (κ1) is 12.9. The van der Waals surface area contributed by atoms with E-state index in [1.54, 1.807) is 24.3 Å². The van der Waals surface area contributed by atoms with Crippen LogP contribution in [0.1, 0.15) is 11.1 Å². The van der Waals surface area contributed by atoms with Crippen LogP contribution in [0.4, 0.5) is 4.39 Å². The lowest BCUT2D eigenvalue weighted by Gasteiger charge is -2.08. The fraction of sp³-hybridized carbons (Fsp3) is 0.143. The van der Waals surface area contributed by atoms with Crippen molar-refractivity contribution < 1.29 is 14.2 Å². The quantitative estimate of drug-likeness (QED) is 0.865. The summed E-state index contributed by atoms with van der Waals surface area (Å²) in [7, 11) is 0. The molecule has 0 aliphatic heterocycles. The van der Waals surface area contributed by atoms with Gasteiger partial charge in [0.15, 0.2) is 0 Å². The molecule has 0 radical (unpaired) electrons. The van der Waals surface area contributed by atoms with Gasteiger partial charge in [0.1, 0.15) is 23.9 Å². The van der Waals surface area contributed by atoms with Gasteiger partial charge in [0.25, 0.3) is 0 Å². The summed E-state index contributed by atoms with van der Waals surface area (Å²) < 4.78 is 18.8. The maximum absolute atomic E-state index is 13.3. The molecule has 0 saturated carbocycles. The predicted molar refractivity (Wildman–Crippen MR) is 71.5 cm³/mol. The monoisotopic (exact) mass is 310 g/mol. The number of benzene rings is 2. The summed E-state index contributed by atoms with van der Waals surface area (Å²) in [5.41, 5.74) is 1.65. The summed E-state index contributed by atoms with van der Waals surface area (Å²) in [5.74, 6) is 0.349. The lowest BCUT2D eigenvalue weighted by atomic mass is 10.2. The Balaban J connectivity index is 2.08. The van der Waals surface area contributed by atoms with Crippen molar-refractivity contribution in [3.05, 3.63) is 59.4 Å². The van der Waals surface area contributed by atoms with E-state index in [1.165, 1.54) is 12.1 Å².